The maximum atomic E-state index is 6.04. The van der Waals surface area contributed by atoms with Crippen molar-refractivity contribution in [2.75, 3.05) is 12.4 Å². The molecule has 94 valence electrons. The van der Waals surface area contributed by atoms with Gasteiger partial charge >= 0.3 is 0 Å². The number of aromatic nitrogens is 2. The van der Waals surface area contributed by atoms with Gasteiger partial charge in [0.15, 0.2) is 0 Å². The van der Waals surface area contributed by atoms with Crippen molar-refractivity contribution in [1.29, 1.82) is 0 Å². The summed E-state index contributed by atoms with van der Waals surface area (Å²) in [7, 11) is 1.53. The molecule has 7 heteroatoms. The number of hydrogen-bond acceptors (Lipinski definition) is 4. The number of benzene rings is 1. The first-order valence-corrected chi connectivity index (χ1v) is 6.44. The fourth-order valence-electron chi connectivity index (χ4n) is 1.28. The molecule has 2 rings (SSSR count). The lowest BCUT2D eigenvalue weighted by molar-refractivity contribution is 0.394. The van der Waals surface area contributed by atoms with Crippen molar-refractivity contribution in [2.45, 2.75) is 0 Å². The predicted molar refractivity (Wildman–Crippen MR) is 76.0 cm³/mol. The molecule has 0 bridgehead atoms. The summed E-state index contributed by atoms with van der Waals surface area (Å²) in [5.41, 5.74) is 0.560. The van der Waals surface area contributed by atoms with Crippen LogP contribution >= 0.6 is 39.1 Å². The second-order valence-corrected chi connectivity index (χ2v) is 4.94. The number of methoxy groups -OCH3 is 1. The van der Waals surface area contributed by atoms with E-state index in [4.69, 9.17) is 27.9 Å². The van der Waals surface area contributed by atoms with E-state index in [0.29, 0.717) is 32.0 Å². The Morgan fingerprint density at radius 1 is 1.28 bits per heavy atom. The number of hydrogen-bond donors (Lipinski definition) is 1. The highest BCUT2D eigenvalue weighted by Crippen LogP contribution is 2.32. The van der Waals surface area contributed by atoms with Crippen molar-refractivity contribution in [1.82, 2.24) is 9.97 Å². The zero-order valence-electron chi connectivity index (χ0n) is 9.25. The molecule has 1 aromatic heterocycles. The van der Waals surface area contributed by atoms with Crippen molar-refractivity contribution in [3.63, 3.8) is 0 Å². The lowest BCUT2D eigenvalue weighted by Crippen LogP contribution is -2.00. The molecular formula is C11H8BrCl2N3O. The number of rotatable bonds is 3. The molecule has 0 saturated heterocycles. The van der Waals surface area contributed by atoms with Gasteiger partial charge in [0.25, 0.3) is 0 Å². The third kappa shape index (κ3) is 2.85. The average molecular weight is 349 g/mol. The minimum atomic E-state index is 0.352. The second-order valence-electron chi connectivity index (χ2n) is 3.27. The van der Waals surface area contributed by atoms with Crippen LogP contribution in [-0.4, -0.2) is 17.1 Å². The van der Waals surface area contributed by atoms with E-state index in [1.54, 1.807) is 24.4 Å². The normalized spacial score (nSPS) is 10.2. The van der Waals surface area contributed by atoms with Crippen LogP contribution in [0.3, 0.4) is 0 Å². The first kappa shape index (κ1) is 13.4. The molecule has 2 aromatic rings. The van der Waals surface area contributed by atoms with Crippen LogP contribution in [0.25, 0.3) is 0 Å². The van der Waals surface area contributed by atoms with Gasteiger partial charge in [-0.3, -0.25) is 0 Å². The Hall–Kier alpha value is -1.04. The van der Waals surface area contributed by atoms with E-state index in [1.165, 1.54) is 7.11 Å². The number of anilines is 2. The smallest absolute Gasteiger partial charge is 0.232 e. The molecule has 0 atom stereocenters. The van der Waals surface area contributed by atoms with Crippen LogP contribution in [0.5, 0.6) is 5.88 Å². The zero-order chi connectivity index (χ0) is 13.1. The van der Waals surface area contributed by atoms with Gasteiger partial charge in [0, 0.05) is 0 Å². The van der Waals surface area contributed by atoms with Crippen molar-refractivity contribution in [3.05, 3.63) is 38.9 Å². The van der Waals surface area contributed by atoms with E-state index < -0.39 is 0 Å². The van der Waals surface area contributed by atoms with Gasteiger partial charge in [-0.15, -0.1) is 0 Å². The molecule has 0 aliphatic heterocycles. The van der Waals surface area contributed by atoms with Gasteiger partial charge in [-0.2, -0.15) is 4.98 Å². The highest BCUT2D eigenvalue weighted by Gasteiger charge is 2.09. The summed E-state index contributed by atoms with van der Waals surface area (Å²) in [6.45, 7) is 0. The predicted octanol–water partition coefficient (Wildman–Crippen LogP) is 4.30. The first-order valence-electron chi connectivity index (χ1n) is 4.89. The van der Waals surface area contributed by atoms with Crippen LogP contribution in [0.15, 0.2) is 28.9 Å². The van der Waals surface area contributed by atoms with Gasteiger partial charge in [-0.05, 0) is 28.1 Å². The largest absolute Gasteiger partial charge is 0.480 e. The summed E-state index contributed by atoms with van der Waals surface area (Å²) >= 11 is 15.4. The van der Waals surface area contributed by atoms with Crippen LogP contribution in [0.2, 0.25) is 10.0 Å². The molecule has 0 radical (unpaired) electrons. The van der Waals surface area contributed by atoms with E-state index >= 15 is 0 Å². The number of para-hydroxylation sites is 1. The fourth-order valence-corrected chi connectivity index (χ4v) is 2.13. The van der Waals surface area contributed by atoms with Crippen LogP contribution in [0.1, 0.15) is 0 Å². The molecule has 0 spiro atoms. The van der Waals surface area contributed by atoms with Gasteiger partial charge in [0.2, 0.25) is 11.8 Å². The van der Waals surface area contributed by atoms with E-state index in [9.17, 15) is 0 Å². The summed E-state index contributed by atoms with van der Waals surface area (Å²) < 4.78 is 5.75. The highest BCUT2D eigenvalue weighted by atomic mass is 79.9. The third-order valence-electron chi connectivity index (χ3n) is 2.10. The molecule has 1 heterocycles. The molecule has 0 aliphatic carbocycles. The van der Waals surface area contributed by atoms with Crippen molar-refractivity contribution in [3.8, 4) is 5.88 Å². The number of nitrogens with one attached hydrogen (secondary N) is 1. The minimum absolute atomic E-state index is 0.352. The summed E-state index contributed by atoms with van der Waals surface area (Å²) in [5.74, 6) is 0.778. The first-order chi connectivity index (χ1) is 8.61. The van der Waals surface area contributed by atoms with Crippen LogP contribution in [0, 0.1) is 0 Å². The van der Waals surface area contributed by atoms with Crippen molar-refractivity contribution >= 4 is 50.8 Å². The van der Waals surface area contributed by atoms with E-state index in [1.807, 2.05) is 0 Å². The summed E-state index contributed by atoms with van der Waals surface area (Å²) in [6.07, 6.45) is 1.58. The maximum absolute atomic E-state index is 6.04. The Morgan fingerprint density at radius 2 is 1.94 bits per heavy atom. The zero-order valence-corrected chi connectivity index (χ0v) is 12.3. The molecule has 0 unspecified atom stereocenters. The van der Waals surface area contributed by atoms with Crippen molar-refractivity contribution in [2.24, 2.45) is 0 Å². The van der Waals surface area contributed by atoms with Crippen LogP contribution < -0.4 is 10.1 Å². The molecule has 18 heavy (non-hydrogen) atoms. The Bertz CT molecular complexity index is 560. The number of nitrogens with zero attached hydrogens (tertiary/aromatic N) is 2. The number of ether oxygens (including phenoxy) is 1. The monoisotopic (exact) mass is 347 g/mol. The Morgan fingerprint density at radius 3 is 2.56 bits per heavy atom. The molecule has 1 N–H and O–H groups in total. The Labute approximate surface area is 122 Å². The summed E-state index contributed by atoms with van der Waals surface area (Å²) in [5, 5.41) is 3.94. The molecular weight excluding hydrogens is 341 g/mol. The summed E-state index contributed by atoms with van der Waals surface area (Å²) in [4.78, 5) is 8.26. The van der Waals surface area contributed by atoms with E-state index in [2.05, 4.69) is 31.2 Å². The second kappa shape index (κ2) is 5.73. The van der Waals surface area contributed by atoms with Crippen molar-refractivity contribution < 1.29 is 4.74 Å². The van der Waals surface area contributed by atoms with Gasteiger partial charge in [0.1, 0.15) is 0 Å². The minimum Gasteiger partial charge on any atom is -0.480 e. The average Bonchev–Trinajstić information content (AvgIpc) is 2.36. The maximum Gasteiger partial charge on any atom is 0.232 e. The Balaban J connectivity index is 2.34. The lowest BCUT2D eigenvalue weighted by atomic mass is 10.3. The molecule has 0 saturated carbocycles. The van der Waals surface area contributed by atoms with E-state index in [0.717, 1.165) is 0 Å². The number of halogens is 3. The quantitative estimate of drug-likeness (QED) is 0.898. The molecule has 0 amide bonds. The van der Waals surface area contributed by atoms with Crippen LogP contribution in [-0.2, 0) is 0 Å². The fraction of sp³-hybridized carbons (Fsp3) is 0.0909. The van der Waals surface area contributed by atoms with Crippen LogP contribution in [0.4, 0.5) is 11.6 Å². The molecule has 0 aliphatic rings. The summed E-state index contributed by atoms with van der Waals surface area (Å²) in [6, 6.07) is 5.22. The van der Waals surface area contributed by atoms with Gasteiger partial charge < -0.3 is 10.1 Å². The highest BCUT2D eigenvalue weighted by molar-refractivity contribution is 9.10. The molecule has 4 nitrogen and oxygen atoms in total. The molecule has 0 fully saturated rings. The van der Waals surface area contributed by atoms with E-state index in [-0.39, 0.29) is 0 Å². The Kier molecular flexibility index (Phi) is 4.27. The van der Waals surface area contributed by atoms with Gasteiger partial charge in [-0.1, -0.05) is 29.3 Å². The third-order valence-corrected chi connectivity index (χ3v) is 3.28. The lowest BCUT2D eigenvalue weighted by Gasteiger charge is -2.09. The topological polar surface area (TPSA) is 47.0 Å². The molecule has 1 aromatic carbocycles. The standard InChI is InChI=1S/C11H8BrCl2N3O/c1-18-10-6(12)5-15-11(17-10)16-9-7(13)3-2-4-8(9)14/h2-5H,1H3,(H,15,16,17). The van der Waals surface area contributed by atoms with Gasteiger partial charge in [0.05, 0.1) is 33.5 Å². The SMILES string of the molecule is COc1nc(Nc2c(Cl)cccc2Cl)ncc1Br. The van der Waals surface area contributed by atoms with Gasteiger partial charge in [-0.25, -0.2) is 4.98 Å².